The fraction of sp³-hybridized carbons (Fsp3) is 0.500. The molecule has 0 saturated carbocycles. The highest BCUT2D eigenvalue weighted by Gasteiger charge is 2.54. The van der Waals surface area contributed by atoms with Gasteiger partial charge in [-0.15, -0.1) is 0 Å². The summed E-state index contributed by atoms with van der Waals surface area (Å²) in [5.41, 5.74) is 5.69. The molecule has 2 aromatic carbocycles. The molecule has 4 rings (SSSR count). The maximum atomic E-state index is 13.9. The molecule has 0 bridgehead atoms. The van der Waals surface area contributed by atoms with E-state index >= 15 is 0 Å². The van der Waals surface area contributed by atoms with Crippen molar-refractivity contribution in [2.45, 2.75) is 64.5 Å². The van der Waals surface area contributed by atoms with Gasteiger partial charge in [0.2, 0.25) is 21.8 Å². The van der Waals surface area contributed by atoms with Gasteiger partial charge in [0.25, 0.3) is 5.91 Å². The number of aryl methyl sites for hydroxylation is 1. The van der Waals surface area contributed by atoms with Crippen molar-refractivity contribution in [3.8, 4) is 0 Å². The topological polar surface area (TPSA) is 154 Å². The van der Waals surface area contributed by atoms with Gasteiger partial charge in [0.1, 0.15) is 5.54 Å². The Morgan fingerprint density at radius 2 is 1.53 bits per heavy atom. The first-order valence-electron chi connectivity index (χ1n) is 15.3. The molecule has 13 heteroatoms. The van der Waals surface area contributed by atoms with E-state index in [0.29, 0.717) is 30.7 Å². The maximum absolute atomic E-state index is 13.9. The third kappa shape index (κ3) is 8.89. The molecule has 0 radical (unpaired) electrons. The first-order valence-corrected chi connectivity index (χ1v) is 17.2. The lowest BCUT2D eigenvalue weighted by Crippen LogP contribution is -2.57. The molecule has 1 spiro atoms. The van der Waals surface area contributed by atoms with Gasteiger partial charge < -0.3 is 5.32 Å². The minimum absolute atomic E-state index is 0.0187. The van der Waals surface area contributed by atoms with Crippen LogP contribution >= 0.6 is 0 Å². The smallest absolute Gasteiger partial charge is 0.321 e. The number of hydroxylamine groups is 1. The average molecular weight is 642 g/mol. The van der Waals surface area contributed by atoms with Gasteiger partial charge in [0, 0.05) is 13.1 Å². The van der Waals surface area contributed by atoms with E-state index < -0.39 is 51.2 Å². The molecule has 2 fully saturated rings. The number of hydrogen-bond acceptors (Lipinski definition) is 7. The molecule has 244 valence electrons. The van der Waals surface area contributed by atoms with Crippen LogP contribution in [-0.2, 0) is 42.3 Å². The van der Waals surface area contributed by atoms with Crippen molar-refractivity contribution < 1.29 is 32.4 Å². The highest BCUT2D eigenvalue weighted by atomic mass is 32.2. The zero-order chi connectivity index (χ0) is 32.6. The largest absolute Gasteiger partial charge is 0.344 e. The molecule has 2 aliphatic rings. The second-order valence-corrected chi connectivity index (χ2v) is 14.2. The number of piperidine rings is 1. The molecule has 2 aromatic rings. The van der Waals surface area contributed by atoms with Crippen LogP contribution in [0.4, 0.5) is 4.79 Å². The van der Waals surface area contributed by atoms with E-state index in [9.17, 15) is 27.6 Å². The number of hydrogen-bond donors (Lipinski definition) is 3. The molecule has 45 heavy (non-hydrogen) atoms. The molecule has 0 unspecified atom stereocenters. The first kappa shape index (κ1) is 34.1. The third-order valence-electron chi connectivity index (χ3n) is 8.39. The summed E-state index contributed by atoms with van der Waals surface area (Å²) >= 11 is 0. The Morgan fingerprint density at radius 3 is 2.11 bits per heavy atom. The van der Waals surface area contributed by atoms with Crippen LogP contribution in [0.1, 0.15) is 57.1 Å². The van der Waals surface area contributed by atoms with Crippen LogP contribution in [0.3, 0.4) is 0 Å². The van der Waals surface area contributed by atoms with Gasteiger partial charge in [0.05, 0.1) is 24.7 Å². The molecule has 5 amide bonds. The minimum atomic E-state index is -3.45. The van der Waals surface area contributed by atoms with Crippen LogP contribution in [0.5, 0.6) is 0 Å². The van der Waals surface area contributed by atoms with Crippen molar-refractivity contribution in [1.29, 1.82) is 0 Å². The normalized spacial score (nSPS) is 18.1. The molecular weight excluding hydrogens is 598 g/mol. The maximum Gasteiger partial charge on any atom is 0.344 e. The summed E-state index contributed by atoms with van der Waals surface area (Å²) < 4.78 is 25.2. The SMILES string of the molecule is CC(C)C[C@@H](C(=O)NN1C(=O)NC2(CCN(S(C)(=O)=O)CC2)C1=O)[C@H](CCCc1ccccc1)C(=O)NOCc1ccccc1. The predicted octanol–water partition coefficient (Wildman–Crippen LogP) is 2.91. The van der Waals surface area contributed by atoms with Gasteiger partial charge in [-0.2, -0.15) is 5.01 Å². The number of urea groups is 1. The van der Waals surface area contributed by atoms with Crippen LogP contribution in [0.2, 0.25) is 0 Å². The first-order chi connectivity index (χ1) is 21.4. The Hall–Kier alpha value is -3.81. The molecule has 2 heterocycles. The van der Waals surface area contributed by atoms with Gasteiger partial charge in [-0.05, 0) is 55.6 Å². The fourth-order valence-corrected chi connectivity index (χ4v) is 6.79. The summed E-state index contributed by atoms with van der Waals surface area (Å²) in [5.74, 6) is -3.38. The molecular formula is C32H43N5O7S. The standard InChI is InChI=1S/C32H43N5O7S/c1-23(2)21-27(28(38)34-37-30(40)32(33-31(37)41)17-19-36(20-18-32)45(3,42)43)26(16-10-15-24-11-6-4-7-12-24)29(39)35-44-22-25-13-8-5-9-14-25/h4-9,11-14,23,26-27H,10,15-22H2,1-3H3,(H,33,41)(H,34,38)(H,35,39)/t26-,27+/m0/s1. The van der Waals surface area contributed by atoms with E-state index in [0.717, 1.165) is 17.4 Å². The highest BCUT2D eigenvalue weighted by molar-refractivity contribution is 7.88. The third-order valence-corrected chi connectivity index (χ3v) is 9.69. The lowest BCUT2D eigenvalue weighted by atomic mass is 9.81. The average Bonchev–Trinajstić information content (AvgIpc) is 3.22. The van der Waals surface area contributed by atoms with Crippen molar-refractivity contribution in [3.05, 3.63) is 71.8 Å². The predicted molar refractivity (Wildman–Crippen MR) is 167 cm³/mol. The Bertz CT molecular complexity index is 1440. The van der Waals surface area contributed by atoms with Crippen LogP contribution < -0.4 is 16.2 Å². The molecule has 0 aliphatic carbocycles. The number of nitrogens with zero attached hydrogens (tertiary/aromatic N) is 2. The summed E-state index contributed by atoms with van der Waals surface area (Å²) in [6.07, 6.45) is 3.26. The van der Waals surface area contributed by atoms with Gasteiger partial charge >= 0.3 is 6.03 Å². The number of amides is 5. The zero-order valence-electron chi connectivity index (χ0n) is 26.0. The van der Waals surface area contributed by atoms with Crippen LogP contribution in [0, 0.1) is 17.8 Å². The van der Waals surface area contributed by atoms with Crippen LogP contribution in [-0.4, -0.2) is 66.4 Å². The Kier molecular flexibility index (Phi) is 11.3. The van der Waals surface area contributed by atoms with E-state index in [1.807, 2.05) is 74.5 Å². The van der Waals surface area contributed by atoms with E-state index in [4.69, 9.17) is 4.84 Å². The lowest BCUT2D eigenvalue weighted by Gasteiger charge is -2.35. The second-order valence-electron chi connectivity index (χ2n) is 12.3. The number of carbonyl (C=O) groups is 4. The molecule has 12 nitrogen and oxygen atoms in total. The quantitative estimate of drug-likeness (QED) is 0.212. The number of hydrazine groups is 1. The van der Waals surface area contributed by atoms with Crippen LogP contribution in [0.15, 0.2) is 60.7 Å². The Balaban J connectivity index is 1.48. The number of carbonyl (C=O) groups excluding carboxylic acids is 4. The Labute approximate surface area is 264 Å². The van der Waals surface area contributed by atoms with Gasteiger partial charge in [-0.1, -0.05) is 74.5 Å². The molecule has 2 saturated heterocycles. The minimum Gasteiger partial charge on any atom is -0.321 e. The van der Waals surface area contributed by atoms with E-state index in [1.54, 1.807) is 0 Å². The van der Waals surface area contributed by atoms with Crippen molar-refractivity contribution in [2.24, 2.45) is 17.8 Å². The number of rotatable bonds is 14. The number of benzene rings is 2. The molecule has 3 N–H and O–H groups in total. The zero-order valence-corrected chi connectivity index (χ0v) is 26.8. The summed E-state index contributed by atoms with van der Waals surface area (Å²) in [4.78, 5) is 59.5. The van der Waals surface area contributed by atoms with Crippen molar-refractivity contribution in [3.63, 3.8) is 0 Å². The summed E-state index contributed by atoms with van der Waals surface area (Å²) in [6.45, 7) is 4.14. The number of imide groups is 1. The Morgan fingerprint density at radius 1 is 0.933 bits per heavy atom. The molecule has 0 aromatic heterocycles. The lowest BCUT2D eigenvalue weighted by molar-refractivity contribution is -0.148. The number of nitrogens with one attached hydrogen (secondary N) is 3. The summed E-state index contributed by atoms with van der Waals surface area (Å²) in [5, 5.41) is 3.35. The molecule has 2 aliphatic heterocycles. The van der Waals surface area contributed by atoms with Crippen molar-refractivity contribution >= 4 is 33.8 Å². The summed E-state index contributed by atoms with van der Waals surface area (Å²) in [7, 11) is -3.45. The van der Waals surface area contributed by atoms with Gasteiger partial charge in [-0.25, -0.2) is 23.0 Å². The van der Waals surface area contributed by atoms with E-state index in [-0.39, 0.29) is 38.5 Å². The van der Waals surface area contributed by atoms with E-state index in [1.165, 1.54) is 4.31 Å². The van der Waals surface area contributed by atoms with Crippen molar-refractivity contribution in [2.75, 3.05) is 19.3 Å². The van der Waals surface area contributed by atoms with E-state index in [2.05, 4.69) is 16.2 Å². The highest BCUT2D eigenvalue weighted by Crippen LogP contribution is 2.31. The summed E-state index contributed by atoms with van der Waals surface area (Å²) in [6, 6.07) is 18.4. The fourth-order valence-electron chi connectivity index (χ4n) is 5.94. The second kappa shape index (κ2) is 15.0. The van der Waals surface area contributed by atoms with Crippen molar-refractivity contribution in [1.82, 2.24) is 25.5 Å². The molecule has 2 atom stereocenters. The number of sulfonamides is 1. The van der Waals surface area contributed by atoms with Crippen LogP contribution in [0.25, 0.3) is 0 Å². The monoisotopic (exact) mass is 641 g/mol. The van der Waals surface area contributed by atoms with Gasteiger partial charge in [-0.3, -0.25) is 24.6 Å². The van der Waals surface area contributed by atoms with Gasteiger partial charge in [0.15, 0.2) is 0 Å².